The van der Waals surface area contributed by atoms with Gasteiger partial charge >= 0.3 is 12.1 Å². The summed E-state index contributed by atoms with van der Waals surface area (Å²) in [5.74, 6) is -0.715. The molecule has 0 aliphatic carbocycles. The number of carbonyl (C=O) groups excluding carboxylic acids is 3. The van der Waals surface area contributed by atoms with Gasteiger partial charge in [-0.05, 0) is 55.0 Å². The van der Waals surface area contributed by atoms with Crippen molar-refractivity contribution < 1.29 is 23.9 Å². The average Bonchev–Trinajstić information content (AvgIpc) is 2.84. The summed E-state index contributed by atoms with van der Waals surface area (Å²) in [6.07, 6.45) is -0.534. The lowest BCUT2D eigenvalue weighted by atomic mass is 10.1. The van der Waals surface area contributed by atoms with Gasteiger partial charge in [0.2, 0.25) is 5.91 Å². The van der Waals surface area contributed by atoms with E-state index in [0.717, 1.165) is 16.5 Å². The van der Waals surface area contributed by atoms with Crippen LogP contribution in [0, 0.1) is 3.70 Å². The number of alkyl carbamates (subject to hydrolysis) is 1. The van der Waals surface area contributed by atoms with E-state index in [9.17, 15) is 14.4 Å². The van der Waals surface area contributed by atoms with Crippen LogP contribution in [-0.2, 0) is 20.7 Å². The lowest BCUT2D eigenvalue weighted by molar-refractivity contribution is -0.143. The van der Waals surface area contributed by atoms with Gasteiger partial charge in [-0.1, -0.05) is 18.2 Å². The first-order valence-corrected chi connectivity index (χ1v) is 9.49. The second-order valence-electron chi connectivity index (χ2n) is 7.07. The van der Waals surface area contributed by atoms with Crippen molar-refractivity contribution in [3.63, 3.8) is 0 Å². The van der Waals surface area contributed by atoms with Crippen LogP contribution in [0.4, 0.5) is 4.79 Å². The first-order valence-electron chi connectivity index (χ1n) is 8.41. The van der Waals surface area contributed by atoms with Crippen molar-refractivity contribution in [2.24, 2.45) is 0 Å². The number of carbonyl (C=O) groups is 3. The number of esters is 1. The summed E-state index contributed by atoms with van der Waals surface area (Å²) in [5, 5.41) is 3.41. The van der Waals surface area contributed by atoms with Gasteiger partial charge in [-0.2, -0.15) is 0 Å². The zero-order chi connectivity index (χ0) is 20.4. The second kappa shape index (κ2) is 8.28. The van der Waals surface area contributed by atoms with Gasteiger partial charge in [-0.3, -0.25) is 9.36 Å². The molecule has 1 atom stereocenters. The van der Waals surface area contributed by atoms with Crippen molar-refractivity contribution >= 4 is 51.5 Å². The number of nitrogens with one attached hydrogen (secondary N) is 1. The number of methoxy groups -OCH3 is 1. The normalized spacial score (nSPS) is 12.5. The smallest absolute Gasteiger partial charge is 0.408 e. The molecule has 1 heterocycles. The SMILES string of the molecule is COC(=O)[C@H](Cc1c(I)n(C(C)=O)c2ccccc12)NC(=O)OC(C)(C)C. The summed E-state index contributed by atoms with van der Waals surface area (Å²) in [6, 6.07) is 6.49. The van der Waals surface area contributed by atoms with Crippen molar-refractivity contribution in [1.82, 2.24) is 9.88 Å². The van der Waals surface area contributed by atoms with Gasteiger partial charge in [0.05, 0.1) is 16.3 Å². The lowest BCUT2D eigenvalue weighted by Gasteiger charge is -2.22. The van der Waals surface area contributed by atoms with Gasteiger partial charge in [-0.15, -0.1) is 0 Å². The number of benzene rings is 1. The molecule has 0 unspecified atom stereocenters. The minimum atomic E-state index is -0.940. The van der Waals surface area contributed by atoms with E-state index < -0.39 is 23.7 Å². The first kappa shape index (κ1) is 21.2. The maximum absolute atomic E-state index is 12.2. The van der Waals surface area contributed by atoms with Crippen molar-refractivity contribution in [2.45, 2.75) is 45.8 Å². The predicted molar refractivity (Wildman–Crippen MR) is 110 cm³/mol. The maximum Gasteiger partial charge on any atom is 0.408 e. The Morgan fingerprint density at radius 2 is 1.85 bits per heavy atom. The van der Waals surface area contributed by atoms with Crippen molar-refractivity contribution in [1.29, 1.82) is 0 Å². The van der Waals surface area contributed by atoms with Crippen LogP contribution in [-0.4, -0.2) is 41.3 Å². The summed E-state index contributed by atoms with van der Waals surface area (Å²) < 4.78 is 12.4. The molecular formula is C19H23IN2O5. The maximum atomic E-state index is 12.2. The number of ether oxygens (including phenoxy) is 2. The molecule has 2 rings (SSSR count). The van der Waals surface area contributed by atoms with Gasteiger partial charge in [0.25, 0.3) is 0 Å². The van der Waals surface area contributed by atoms with E-state index in [1.165, 1.54) is 14.0 Å². The standard InChI is InChI=1S/C19H23IN2O5/c1-11(23)22-15-9-7-6-8-12(15)13(16(22)20)10-14(17(24)26-5)21-18(25)27-19(2,3)4/h6-9,14H,10H2,1-5H3,(H,21,25)/t14-/m0/s1. The van der Waals surface area contributed by atoms with E-state index in [2.05, 4.69) is 27.9 Å². The number of nitrogens with zero attached hydrogens (tertiary/aromatic N) is 1. The predicted octanol–water partition coefficient (Wildman–Crippen LogP) is 3.51. The molecule has 0 radical (unpaired) electrons. The Morgan fingerprint density at radius 3 is 2.41 bits per heavy atom. The van der Waals surface area contributed by atoms with E-state index in [4.69, 9.17) is 9.47 Å². The van der Waals surface area contributed by atoms with Gasteiger partial charge in [0, 0.05) is 18.7 Å². The Hall–Kier alpha value is -2.10. The summed E-state index contributed by atoms with van der Waals surface area (Å²) in [7, 11) is 1.26. The fourth-order valence-corrected chi connectivity index (χ4v) is 3.88. The molecule has 0 saturated carbocycles. The Labute approximate surface area is 171 Å². The van der Waals surface area contributed by atoms with E-state index in [1.807, 2.05) is 24.3 Å². The fraction of sp³-hybridized carbons (Fsp3) is 0.421. The van der Waals surface area contributed by atoms with Crippen molar-refractivity contribution in [3.8, 4) is 0 Å². The molecule has 0 bridgehead atoms. The van der Waals surface area contributed by atoms with E-state index in [0.29, 0.717) is 3.70 Å². The van der Waals surface area contributed by atoms with Crippen LogP contribution < -0.4 is 5.32 Å². The lowest BCUT2D eigenvalue weighted by Crippen LogP contribution is -2.45. The van der Waals surface area contributed by atoms with E-state index in [-0.39, 0.29) is 12.3 Å². The topological polar surface area (TPSA) is 86.6 Å². The molecule has 1 amide bonds. The Balaban J connectivity index is 2.41. The van der Waals surface area contributed by atoms with Gasteiger partial charge in [-0.25, -0.2) is 9.59 Å². The molecule has 0 aliphatic rings. The number of halogens is 1. The molecular weight excluding hydrogens is 463 g/mol. The Kier molecular flexibility index (Phi) is 6.50. The van der Waals surface area contributed by atoms with Crippen LogP contribution in [0.5, 0.6) is 0 Å². The highest BCUT2D eigenvalue weighted by atomic mass is 127. The highest BCUT2D eigenvalue weighted by Gasteiger charge is 2.28. The molecule has 146 valence electrons. The fourth-order valence-electron chi connectivity index (χ4n) is 2.77. The highest BCUT2D eigenvalue weighted by Crippen LogP contribution is 2.29. The Bertz CT molecular complexity index is 882. The minimum absolute atomic E-state index is 0.128. The quantitative estimate of drug-likeness (QED) is 0.528. The summed E-state index contributed by atoms with van der Waals surface area (Å²) in [4.78, 5) is 36.5. The van der Waals surface area contributed by atoms with Gasteiger partial charge < -0.3 is 14.8 Å². The van der Waals surface area contributed by atoms with Gasteiger partial charge in [0.15, 0.2) is 0 Å². The first-order chi connectivity index (χ1) is 12.5. The minimum Gasteiger partial charge on any atom is -0.467 e. The summed E-state index contributed by atoms with van der Waals surface area (Å²) in [5.41, 5.74) is 0.849. The van der Waals surface area contributed by atoms with Crippen LogP contribution in [0.15, 0.2) is 24.3 Å². The van der Waals surface area contributed by atoms with Crippen LogP contribution in [0.2, 0.25) is 0 Å². The number of hydrogen-bond acceptors (Lipinski definition) is 5. The van der Waals surface area contributed by atoms with Crippen LogP contribution in [0.1, 0.15) is 38.1 Å². The number of amides is 1. The zero-order valence-corrected chi connectivity index (χ0v) is 18.1. The summed E-state index contributed by atoms with van der Waals surface area (Å²) >= 11 is 2.08. The molecule has 0 aliphatic heterocycles. The van der Waals surface area contributed by atoms with Crippen LogP contribution in [0.3, 0.4) is 0 Å². The number of rotatable bonds is 4. The Morgan fingerprint density at radius 1 is 1.22 bits per heavy atom. The second-order valence-corrected chi connectivity index (χ2v) is 8.09. The van der Waals surface area contributed by atoms with E-state index >= 15 is 0 Å². The van der Waals surface area contributed by atoms with Gasteiger partial charge in [0.1, 0.15) is 11.6 Å². The number of hydrogen-bond donors (Lipinski definition) is 1. The van der Waals surface area contributed by atoms with Crippen molar-refractivity contribution in [2.75, 3.05) is 7.11 Å². The van der Waals surface area contributed by atoms with Crippen LogP contribution in [0.25, 0.3) is 10.9 Å². The highest BCUT2D eigenvalue weighted by molar-refractivity contribution is 14.1. The molecule has 27 heavy (non-hydrogen) atoms. The molecule has 1 aromatic carbocycles. The summed E-state index contributed by atoms with van der Waals surface area (Å²) in [6.45, 7) is 6.70. The molecule has 8 heteroatoms. The molecule has 0 saturated heterocycles. The zero-order valence-electron chi connectivity index (χ0n) is 16.0. The molecule has 7 nitrogen and oxygen atoms in total. The largest absolute Gasteiger partial charge is 0.467 e. The number of fused-ring (bicyclic) bond motifs is 1. The molecule has 1 aromatic heterocycles. The van der Waals surface area contributed by atoms with E-state index in [1.54, 1.807) is 25.3 Å². The number of aromatic nitrogens is 1. The molecule has 2 aromatic rings. The molecule has 1 N–H and O–H groups in total. The third-order valence-electron chi connectivity index (χ3n) is 3.82. The number of para-hydroxylation sites is 1. The molecule has 0 fully saturated rings. The third kappa shape index (κ3) is 5.00. The van der Waals surface area contributed by atoms with Crippen LogP contribution >= 0.6 is 22.6 Å². The average molecular weight is 486 g/mol. The third-order valence-corrected chi connectivity index (χ3v) is 4.95. The monoisotopic (exact) mass is 486 g/mol. The molecule has 0 spiro atoms. The van der Waals surface area contributed by atoms with Crippen molar-refractivity contribution in [3.05, 3.63) is 33.5 Å².